The average Bonchev–Trinajstić information content (AvgIpc) is 2.73. The Labute approximate surface area is 99.7 Å². The summed E-state index contributed by atoms with van der Waals surface area (Å²) in [5.74, 6) is 0. The van der Waals surface area contributed by atoms with Gasteiger partial charge < -0.3 is 5.32 Å². The molecule has 0 bridgehead atoms. The molecule has 0 saturated heterocycles. The van der Waals surface area contributed by atoms with Gasteiger partial charge in [0.1, 0.15) is 0 Å². The molecule has 3 nitrogen and oxygen atoms in total. The van der Waals surface area contributed by atoms with Crippen molar-refractivity contribution in [3.63, 3.8) is 0 Å². The van der Waals surface area contributed by atoms with Crippen LogP contribution in [-0.2, 0) is 7.05 Å². The van der Waals surface area contributed by atoms with Gasteiger partial charge in [-0.05, 0) is 30.3 Å². The summed E-state index contributed by atoms with van der Waals surface area (Å²) in [6, 6.07) is 16.4. The highest BCUT2D eigenvalue weighted by Crippen LogP contribution is 2.21. The number of fused-ring (bicyclic) bond motifs is 1. The number of hydrogen-bond donors (Lipinski definition) is 1. The minimum absolute atomic E-state index is 1.08. The molecule has 1 aromatic heterocycles. The van der Waals surface area contributed by atoms with Crippen molar-refractivity contribution in [1.82, 2.24) is 9.78 Å². The van der Waals surface area contributed by atoms with Crippen LogP contribution in [0.1, 0.15) is 0 Å². The van der Waals surface area contributed by atoms with Crippen LogP contribution >= 0.6 is 0 Å². The second kappa shape index (κ2) is 3.94. The Morgan fingerprint density at radius 1 is 1.00 bits per heavy atom. The third-order valence-electron chi connectivity index (χ3n) is 2.81. The van der Waals surface area contributed by atoms with Gasteiger partial charge in [-0.1, -0.05) is 18.2 Å². The van der Waals surface area contributed by atoms with Gasteiger partial charge in [0.05, 0.1) is 11.7 Å². The normalized spacial score (nSPS) is 10.6. The number of benzene rings is 2. The van der Waals surface area contributed by atoms with E-state index in [1.807, 2.05) is 48.3 Å². The summed E-state index contributed by atoms with van der Waals surface area (Å²) in [6.45, 7) is 0. The summed E-state index contributed by atoms with van der Waals surface area (Å²) in [6.07, 6.45) is 1.88. The minimum atomic E-state index is 1.08. The van der Waals surface area contributed by atoms with Crippen molar-refractivity contribution in [2.75, 3.05) is 5.32 Å². The maximum Gasteiger partial charge on any atom is 0.0699 e. The second-order valence-electron chi connectivity index (χ2n) is 4.03. The smallest absolute Gasteiger partial charge is 0.0699 e. The van der Waals surface area contributed by atoms with Crippen LogP contribution in [0.2, 0.25) is 0 Å². The first-order valence-electron chi connectivity index (χ1n) is 5.57. The predicted molar refractivity (Wildman–Crippen MR) is 70.4 cm³/mol. The van der Waals surface area contributed by atoms with Crippen LogP contribution in [0.15, 0.2) is 54.7 Å². The summed E-state index contributed by atoms with van der Waals surface area (Å²) in [7, 11) is 1.95. The number of aryl methyl sites for hydroxylation is 1. The number of nitrogens with zero attached hydrogens (tertiary/aromatic N) is 2. The van der Waals surface area contributed by atoms with Gasteiger partial charge >= 0.3 is 0 Å². The van der Waals surface area contributed by atoms with E-state index in [1.54, 1.807) is 0 Å². The van der Waals surface area contributed by atoms with Gasteiger partial charge in [0, 0.05) is 23.8 Å². The van der Waals surface area contributed by atoms with E-state index in [1.165, 1.54) is 0 Å². The number of nitrogens with one attached hydrogen (secondary N) is 1. The molecule has 0 spiro atoms. The van der Waals surface area contributed by atoms with E-state index < -0.39 is 0 Å². The summed E-state index contributed by atoms with van der Waals surface area (Å²) in [4.78, 5) is 0. The molecule has 0 atom stereocenters. The van der Waals surface area contributed by atoms with E-state index in [4.69, 9.17) is 0 Å². The molecule has 0 unspecified atom stereocenters. The zero-order chi connectivity index (χ0) is 11.7. The Kier molecular flexibility index (Phi) is 2.29. The molecule has 0 saturated carbocycles. The number of rotatable bonds is 2. The van der Waals surface area contributed by atoms with Crippen molar-refractivity contribution in [2.24, 2.45) is 7.05 Å². The van der Waals surface area contributed by atoms with Crippen LogP contribution in [0.5, 0.6) is 0 Å². The van der Waals surface area contributed by atoms with Crippen molar-refractivity contribution < 1.29 is 0 Å². The first kappa shape index (κ1) is 9.90. The average molecular weight is 223 g/mol. The molecule has 2 aromatic carbocycles. The van der Waals surface area contributed by atoms with Crippen LogP contribution in [0, 0.1) is 0 Å². The Morgan fingerprint density at radius 2 is 1.82 bits per heavy atom. The summed E-state index contributed by atoms with van der Waals surface area (Å²) in [5, 5.41) is 8.76. The lowest BCUT2D eigenvalue weighted by Crippen LogP contribution is -1.92. The number of para-hydroxylation sites is 1. The van der Waals surface area contributed by atoms with Crippen molar-refractivity contribution in [2.45, 2.75) is 0 Å². The minimum Gasteiger partial charge on any atom is -0.355 e. The molecule has 3 heteroatoms. The van der Waals surface area contributed by atoms with Crippen molar-refractivity contribution >= 4 is 22.3 Å². The number of anilines is 2. The standard InChI is InChI=1S/C14H13N3/c1-17-14-9-13(8-7-11(14)10-15-17)16-12-5-3-2-4-6-12/h2-10,16H,1H3. The molecule has 1 N–H and O–H groups in total. The van der Waals surface area contributed by atoms with Gasteiger partial charge in [0.25, 0.3) is 0 Å². The molecule has 0 radical (unpaired) electrons. The van der Waals surface area contributed by atoms with Crippen LogP contribution in [-0.4, -0.2) is 9.78 Å². The SMILES string of the molecule is Cn1ncc2ccc(Nc3ccccc3)cc21. The molecule has 3 rings (SSSR count). The second-order valence-corrected chi connectivity index (χ2v) is 4.03. The van der Waals surface area contributed by atoms with Gasteiger partial charge in [-0.3, -0.25) is 4.68 Å². The lowest BCUT2D eigenvalue weighted by Gasteiger charge is -2.06. The lowest BCUT2D eigenvalue weighted by molar-refractivity contribution is 0.797. The fraction of sp³-hybridized carbons (Fsp3) is 0.0714. The largest absolute Gasteiger partial charge is 0.355 e. The zero-order valence-corrected chi connectivity index (χ0v) is 9.59. The van der Waals surface area contributed by atoms with E-state index in [2.05, 4.69) is 28.6 Å². The monoisotopic (exact) mass is 223 g/mol. The van der Waals surface area contributed by atoms with Crippen LogP contribution in [0.4, 0.5) is 11.4 Å². The Morgan fingerprint density at radius 3 is 2.65 bits per heavy atom. The molecule has 1 heterocycles. The van der Waals surface area contributed by atoms with Crippen LogP contribution in [0.25, 0.3) is 10.9 Å². The van der Waals surface area contributed by atoms with E-state index in [0.29, 0.717) is 0 Å². The first-order chi connectivity index (χ1) is 8.33. The van der Waals surface area contributed by atoms with Gasteiger partial charge in [-0.25, -0.2) is 0 Å². The van der Waals surface area contributed by atoms with E-state index >= 15 is 0 Å². The number of hydrogen-bond acceptors (Lipinski definition) is 2. The maximum absolute atomic E-state index is 4.23. The van der Waals surface area contributed by atoms with Gasteiger partial charge in [-0.15, -0.1) is 0 Å². The van der Waals surface area contributed by atoms with Crippen molar-refractivity contribution in [3.05, 3.63) is 54.7 Å². The Bertz CT molecular complexity index is 641. The highest BCUT2D eigenvalue weighted by molar-refractivity contribution is 5.83. The highest BCUT2D eigenvalue weighted by Gasteiger charge is 2.00. The molecule has 0 aliphatic rings. The summed E-state index contributed by atoms with van der Waals surface area (Å²) in [5.41, 5.74) is 3.30. The Hall–Kier alpha value is -2.29. The lowest BCUT2D eigenvalue weighted by atomic mass is 10.2. The topological polar surface area (TPSA) is 29.9 Å². The molecule has 17 heavy (non-hydrogen) atoms. The summed E-state index contributed by atoms with van der Waals surface area (Å²) < 4.78 is 1.88. The van der Waals surface area contributed by atoms with Gasteiger partial charge in [-0.2, -0.15) is 5.10 Å². The molecule has 0 fully saturated rings. The molecular formula is C14H13N3. The van der Waals surface area contributed by atoms with Crippen molar-refractivity contribution in [1.29, 1.82) is 0 Å². The van der Waals surface area contributed by atoms with Crippen LogP contribution in [0.3, 0.4) is 0 Å². The molecule has 0 aliphatic carbocycles. The highest BCUT2D eigenvalue weighted by atomic mass is 15.2. The third kappa shape index (κ3) is 1.87. The van der Waals surface area contributed by atoms with E-state index in [0.717, 1.165) is 22.3 Å². The molecular weight excluding hydrogens is 210 g/mol. The predicted octanol–water partition coefficient (Wildman–Crippen LogP) is 3.32. The fourth-order valence-corrected chi connectivity index (χ4v) is 1.91. The maximum atomic E-state index is 4.23. The molecule has 84 valence electrons. The van der Waals surface area contributed by atoms with Crippen LogP contribution < -0.4 is 5.32 Å². The van der Waals surface area contributed by atoms with E-state index in [-0.39, 0.29) is 0 Å². The quantitative estimate of drug-likeness (QED) is 0.722. The molecule has 0 amide bonds. The number of aromatic nitrogens is 2. The fourth-order valence-electron chi connectivity index (χ4n) is 1.91. The molecule has 3 aromatic rings. The zero-order valence-electron chi connectivity index (χ0n) is 9.59. The van der Waals surface area contributed by atoms with Gasteiger partial charge in [0.15, 0.2) is 0 Å². The van der Waals surface area contributed by atoms with E-state index in [9.17, 15) is 0 Å². The Balaban J connectivity index is 1.98. The first-order valence-corrected chi connectivity index (χ1v) is 5.57. The third-order valence-corrected chi connectivity index (χ3v) is 2.81. The summed E-state index contributed by atoms with van der Waals surface area (Å²) >= 11 is 0. The molecule has 0 aliphatic heterocycles. The van der Waals surface area contributed by atoms with Gasteiger partial charge in [0.2, 0.25) is 0 Å². The van der Waals surface area contributed by atoms with Crippen molar-refractivity contribution in [3.8, 4) is 0 Å².